The maximum Gasteiger partial charge on any atom is 0.694 e. The van der Waals surface area contributed by atoms with Crippen molar-refractivity contribution in [3.63, 3.8) is 0 Å². The molecule has 0 aliphatic carbocycles. The van der Waals surface area contributed by atoms with Gasteiger partial charge in [0, 0.05) is 11.0 Å². The summed E-state index contributed by atoms with van der Waals surface area (Å²) >= 11 is 5.28. The van der Waals surface area contributed by atoms with Crippen molar-refractivity contribution in [3.05, 3.63) is 25.3 Å². The van der Waals surface area contributed by atoms with Crippen LogP contribution in [-0.2, 0) is 39.4 Å². The summed E-state index contributed by atoms with van der Waals surface area (Å²) in [5, 5.41) is 0. The molecule has 2 unspecified atom stereocenters. The molecule has 4 aromatic rings. The zero-order valence-electron chi connectivity index (χ0n) is 21.1. The van der Waals surface area contributed by atoms with Crippen molar-refractivity contribution in [3.8, 4) is 0 Å². The molecule has 2 fully saturated rings. The lowest BCUT2D eigenvalue weighted by atomic mass is 10.2. The van der Waals surface area contributed by atoms with Gasteiger partial charge in [0.05, 0.1) is 25.4 Å². The molecular weight excluding hydrogens is 602 g/mol. The molecule has 18 nitrogen and oxygen atoms in total. The molecule has 2 aliphatic heterocycles. The molecule has 41 heavy (non-hydrogen) atoms. The number of anilines is 2. The maximum atomic E-state index is 11.2. The van der Waals surface area contributed by atoms with E-state index in [0.29, 0.717) is 35.2 Å². The minimum absolute atomic E-state index is 0.0307. The first kappa shape index (κ1) is 28.3. The first-order chi connectivity index (χ1) is 19.7. The largest absolute Gasteiger partial charge is 0.694 e. The molecule has 0 amide bonds. The van der Waals surface area contributed by atoms with E-state index in [-0.39, 0.29) is 43.6 Å². The van der Waals surface area contributed by atoms with Crippen LogP contribution in [0.5, 0.6) is 0 Å². The average Bonchev–Trinajstić information content (AvgIpc) is 3.72. The van der Waals surface area contributed by atoms with E-state index in [1.54, 1.807) is 15.5 Å². The van der Waals surface area contributed by atoms with Gasteiger partial charge in [-0.3, -0.25) is 9.13 Å². The first-order valence-corrected chi connectivity index (χ1v) is 16.0. The molecule has 2 aliphatic rings. The van der Waals surface area contributed by atoms with Gasteiger partial charge in [0.1, 0.15) is 55.0 Å². The Morgan fingerprint density at radius 2 is 1.61 bits per heavy atom. The van der Waals surface area contributed by atoms with Crippen molar-refractivity contribution in [1.82, 2.24) is 39.0 Å². The van der Waals surface area contributed by atoms with E-state index in [1.165, 1.54) is 19.0 Å². The minimum atomic E-state index is -3.81. The lowest BCUT2D eigenvalue weighted by Gasteiger charge is -2.23. The first-order valence-electron chi connectivity index (χ1n) is 12.3. The van der Waals surface area contributed by atoms with E-state index in [4.69, 9.17) is 51.2 Å². The smallest absolute Gasteiger partial charge is 0.382 e. The number of nitrogens with zero attached hydrogens (tertiary/aromatic N) is 8. The summed E-state index contributed by atoms with van der Waals surface area (Å²) in [7, 11) is -2.90. The van der Waals surface area contributed by atoms with Crippen LogP contribution in [0.25, 0.3) is 22.3 Å². The van der Waals surface area contributed by atoms with E-state index in [2.05, 4.69) is 29.9 Å². The second-order valence-corrected chi connectivity index (χ2v) is 12.8. The van der Waals surface area contributed by atoms with Crippen LogP contribution in [0, 0.1) is 0 Å². The second-order valence-electron chi connectivity index (χ2n) is 9.26. The number of nitrogens with two attached hydrogens (primary N) is 2. The van der Waals surface area contributed by atoms with E-state index in [0.717, 1.165) is 0 Å². The number of fused-ring (bicyclic) bond motifs is 2. The topological polar surface area (TPSA) is 243 Å². The van der Waals surface area contributed by atoms with Crippen molar-refractivity contribution in [2.75, 3.05) is 24.7 Å². The van der Waals surface area contributed by atoms with Crippen molar-refractivity contribution in [1.29, 1.82) is 0 Å². The fourth-order valence-corrected chi connectivity index (χ4v) is 6.59. The SMILES string of the molecule is Nc1ncnc2c1ncn2[C@H]1CC[C@@H](COP(O)(=S)O[C@H]2C[C@H](n3cnc4c(N)ncnc43)O[C@@H]2CO[P+](=O)O)O1. The quantitative estimate of drug-likeness (QED) is 0.180. The van der Waals surface area contributed by atoms with Gasteiger partial charge < -0.3 is 34.9 Å². The molecule has 0 spiro atoms. The van der Waals surface area contributed by atoms with Crippen LogP contribution in [0.1, 0.15) is 31.7 Å². The number of rotatable bonds is 10. The van der Waals surface area contributed by atoms with Gasteiger partial charge >= 0.3 is 15.0 Å². The minimum Gasteiger partial charge on any atom is -0.382 e. The predicted octanol–water partition coefficient (Wildman–Crippen LogP) is 1.08. The third kappa shape index (κ3) is 5.91. The Bertz CT molecular complexity index is 1640. The maximum absolute atomic E-state index is 11.2. The van der Waals surface area contributed by atoms with Gasteiger partial charge in [-0.15, -0.1) is 9.42 Å². The summed E-state index contributed by atoms with van der Waals surface area (Å²) in [6, 6.07) is 0. The second kappa shape index (κ2) is 11.4. The van der Waals surface area contributed by atoms with Crippen molar-refractivity contribution in [2.24, 2.45) is 0 Å². The lowest BCUT2D eigenvalue weighted by molar-refractivity contribution is -0.0405. The predicted molar refractivity (Wildman–Crippen MR) is 144 cm³/mol. The van der Waals surface area contributed by atoms with Gasteiger partial charge in [-0.25, -0.2) is 29.9 Å². The van der Waals surface area contributed by atoms with Crippen LogP contribution in [0.2, 0.25) is 0 Å². The Balaban J connectivity index is 1.10. The van der Waals surface area contributed by atoms with Crippen LogP contribution in [-0.4, -0.2) is 80.4 Å². The molecule has 0 saturated carbocycles. The molecule has 21 heteroatoms. The highest BCUT2D eigenvalue weighted by Crippen LogP contribution is 2.50. The summed E-state index contributed by atoms with van der Waals surface area (Å²) in [5.74, 6) is 0.474. The molecule has 6 rings (SSSR count). The monoisotopic (exact) mass is 627 g/mol. The van der Waals surface area contributed by atoms with Crippen LogP contribution in [0.4, 0.5) is 11.6 Å². The lowest BCUT2D eigenvalue weighted by Crippen LogP contribution is -2.28. The fraction of sp³-hybridized carbons (Fsp3) is 0.500. The molecule has 0 aromatic carbocycles. The van der Waals surface area contributed by atoms with Crippen LogP contribution < -0.4 is 11.5 Å². The summed E-state index contributed by atoms with van der Waals surface area (Å²) in [4.78, 5) is 44.9. The molecule has 6 N–H and O–H groups in total. The average molecular weight is 627 g/mol. The molecule has 0 radical (unpaired) electrons. The van der Waals surface area contributed by atoms with Gasteiger partial charge in [0.2, 0.25) is 0 Å². The van der Waals surface area contributed by atoms with Crippen molar-refractivity contribution < 1.29 is 37.4 Å². The summed E-state index contributed by atoms with van der Waals surface area (Å²) in [6.45, 7) is -4.14. The number of ether oxygens (including phenoxy) is 2. The fourth-order valence-electron chi connectivity index (χ4n) is 4.82. The Hall–Kier alpha value is -2.83. The van der Waals surface area contributed by atoms with E-state index in [1.807, 2.05) is 0 Å². The zero-order valence-corrected chi connectivity index (χ0v) is 23.7. The van der Waals surface area contributed by atoms with Crippen LogP contribution in [0.3, 0.4) is 0 Å². The Kier molecular flexibility index (Phi) is 7.90. The number of hydrogen-bond acceptors (Lipinski definition) is 15. The molecule has 218 valence electrons. The Morgan fingerprint density at radius 3 is 2.24 bits per heavy atom. The third-order valence-electron chi connectivity index (χ3n) is 6.70. The third-order valence-corrected chi connectivity index (χ3v) is 8.66. The van der Waals surface area contributed by atoms with Crippen LogP contribution in [0.15, 0.2) is 25.3 Å². The molecule has 7 atom stereocenters. The van der Waals surface area contributed by atoms with E-state index >= 15 is 0 Å². The normalized spacial score (nSPS) is 26.6. The van der Waals surface area contributed by atoms with Crippen molar-refractivity contribution in [2.45, 2.75) is 50.0 Å². The summed E-state index contributed by atoms with van der Waals surface area (Å²) < 4.78 is 43.0. The Morgan fingerprint density at radius 1 is 0.976 bits per heavy atom. The standard InChI is InChI=1S/C20H24N10O8P2S/c21-17-15-19(25-6-23-17)29(8-27-15)13-2-1-10(36-13)4-35-40(33,41)38-11-3-14(37-12(11)5-34-39(31)32)30-9-28-16-18(22)24-7-26-20(16)30/h6-14H,1-5H2,(H5-,21,22,23,24,25,26,31,32,33,41)/p+1/t10-,11-,12+,13+,14+,40?/m0/s1. The highest BCUT2D eigenvalue weighted by atomic mass is 32.5. The number of hydrogen-bond donors (Lipinski definition) is 4. The van der Waals surface area contributed by atoms with Gasteiger partial charge in [0.25, 0.3) is 0 Å². The zero-order chi connectivity index (χ0) is 28.7. The molecule has 4 aromatic heterocycles. The molecule has 0 bridgehead atoms. The highest BCUT2D eigenvalue weighted by molar-refractivity contribution is 8.07. The van der Waals surface area contributed by atoms with Crippen molar-refractivity contribution >= 4 is 60.7 Å². The molecule has 6 heterocycles. The van der Waals surface area contributed by atoms with E-state index in [9.17, 15) is 9.46 Å². The summed E-state index contributed by atoms with van der Waals surface area (Å²) in [5.41, 5.74) is 13.6. The molecular formula is C20H25N10O8P2S+. The van der Waals surface area contributed by atoms with Gasteiger partial charge in [-0.1, -0.05) is 0 Å². The molecule has 2 saturated heterocycles. The van der Waals surface area contributed by atoms with Gasteiger partial charge in [-0.05, 0) is 24.6 Å². The number of nitrogen functional groups attached to an aromatic ring is 2. The van der Waals surface area contributed by atoms with Gasteiger partial charge in [0.15, 0.2) is 22.9 Å². The number of aromatic nitrogens is 8. The van der Waals surface area contributed by atoms with E-state index < -0.39 is 33.4 Å². The van der Waals surface area contributed by atoms with Crippen LogP contribution >= 0.6 is 15.0 Å². The van der Waals surface area contributed by atoms with Gasteiger partial charge in [-0.2, -0.15) is 0 Å². The Labute approximate surface area is 237 Å². The summed E-state index contributed by atoms with van der Waals surface area (Å²) in [6.07, 6.45) is 4.02. The number of imidazole rings is 2. The highest BCUT2D eigenvalue weighted by Gasteiger charge is 2.43.